The Bertz CT molecular complexity index is 1280. The molecule has 35 heavy (non-hydrogen) atoms. The first-order chi connectivity index (χ1) is 17.1. The summed E-state index contributed by atoms with van der Waals surface area (Å²) in [5.74, 6) is 2.06. The third-order valence-electron chi connectivity index (χ3n) is 6.39. The van der Waals surface area contributed by atoms with Gasteiger partial charge in [-0.25, -0.2) is 4.98 Å². The highest BCUT2D eigenvalue weighted by Gasteiger charge is 2.22. The zero-order valence-electron chi connectivity index (χ0n) is 20.2. The van der Waals surface area contributed by atoms with Gasteiger partial charge in [0, 0.05) is 36.9 Å². The van der Waals surface area contributed by atoms with Gasteiger partial charge >= 0.3 is 0 Å². The molecule has 1 unspecified atom stereocenters. The van der Waals surface area contributed by atoms with Crippen molar-refractivity contribution in [3.05, 3.63) is 54.5 Å². The van der Waals surface area contributed by atoms with Crippen molar-refractivity contribution in [2.75, 3.05) is 24.3 Å². The summed E-state index contributed by atoms with van der Waals surface area (Å²) in [7, 11) is 1.67. The standard InChI is InChI=1S/C26H32N8O/c1-17(27)13-30-26-32-24(23-25(33-26)34(16-31-23)19-7-3-4-8-19)29-15-18-11-12-21(28-14-18)20-9-5-6-10-22(20)35-2/h5-6,9-12,14,16-17,19H,3-4,7-8,13,15,27H2,1-2H3,(H2,29,30,32,33). The molecule has 4 aromatic rings. The van der Waals surface area contributed by atoms with Crippen molar-refractivity contribution in [1.82, 2.24) is 24.5 Å². The van der Waals surface area contributed by atoms with Gasteiger partial charge in [0.15, 0.2) is 17.0 Å². The Morgan fingerprint density at radius 1 is 1.09 bits per heavy atom. The number of para-hydroxylation sites is 1. The minimum Gasteiger partial charge on any atom is -0.496 e. The van der Waals surface area contributed by atoms with Crippen molar-refractivity contribution in [2.45, 2.75) is 51.2 Å². The lowest BCUT2D eigenvalue weighted by molar-refractivity contribution is 0.416. The van der Waals surface area contributed by atoms with E-state index < -0.39 is 0 Å². The molecule has 0 aliphatic heterocycles. The molecule has 0 bridgehead atoms. The molecule has 0 spiro atoms. The SMILES string of the molecule is COc1ccccc1-c1ccc(CNc2nc(NCC(C)N)nc3c2ncn3C2CCCC2)cn1. The molecule has 5 rings (SSSR count). The fourth-order valence-corrected chi connectivity index (χ4v) is 4.55. The fraction of sp³-hybridized carbons (Fsp3) is 0.385. The number of ether oxygens (including phenoxy) is 1. The van der Waals surface area contributed by atoms with Crippen LogP contribution in [0.2, 0.25) is 0 Å². The van der Waals surface area contributed by atoms with Crippen LogP contribution >= 0.6 is 0 Å². The predicted octanol–water partition coefficient (Wildman–Crippen LogP) is 4.38. The van der Waals surface area contributed by atoms with Crippen LogP contribution in [0, 0.1) is 0 Å². The number of hydrogen-bond donors (Lipinski definition) is 3. The van der Waals surface area contributed by atoms with E-state index in [2.05, 4.69) is 31.2 Å². The van der Waals surface area contributed by atoms with Crippen LogP contribution in [0.5, 0.6) is 5.75 Å². The molecule has 1 saturated carbocycles. The van der Waals surface area contributed by atoms with Gasteiger partial charge in [-0.05, 0) is 43.5 Å². The number of nitrogens with one attached hydrogen (secondary N) is 2. The number of rotatable bonds is 9. The van der Waals surface area contributed by atoms with E-state index in [0.717, 1.165) is 46.6 Å². The molecular formula is C26H32N8O. The van der Waals surface area contributed by atoms with Crippen molar-refractivity contribution < 1.29 is 4.74 Å². The number of methoxy groups -OCH3 is 1. The highest BCUT2D eigenvalue weighted by molar-refractivity contribution is 5.84. The van der Waals surface area contributed by atoms with Crippen LogP contribution in [0.1, 0.15) is 44.2 Å². The number of nitrogens with two attached hydrogens (primary N) is 1. The van der Waals surface area contributed by atoms with Crippen LogP contribution in [-0.4, -0.2) is 44.2 Å². The minimum absolute atomic E-state index is 0.00160. The smallest absolute Gasteiger partial charge is 0.226 e. The fourth-order valence-electron chi connectivity index (χ4n) is 4.55. The van der Waals surface area contributed by atoms with E-state index in [0.29, 0.717) is 30.9 Å². The van der Waals surface area contributed by atoms with Crippen LogP contribution in [0.4, 0.5) is 11.8 Å². The lowest BCUT2D eigenvalue weighted by Gasteiger charge is -2.14. The maximum atomic E-state index is 5.94. The van der Waals surface area contributed by atoms with Crippen molar-refractivity contribution >= 4 is 22.9 Å². The second-order valence-electron chi connectivity index (χ2n) is 9.12. The molecule has 1 atom stereocenters. The van der Waals surface area contributed by atoms with Gasteiger partial charge in [0.25, 0.3) is 0 Å². The zero-order valence-corrected chi connectivity index (χ0v) is 20.2. The molecule has 3 aromatic heterocycles. The Balaban J connectivity index is 1.39. The van der Waals surface area contributed by atoms with Crippen molar-refractivity contribution in [3.8, 4) is 17.0 Å². The van der Waals surface area contributed by atoms with Gasteiger partial charge < -0.3 is 25.7 Å². The van der Waals surface area contributed by atoms with Gasteiger partial charge in [0.2, 0.25) is 5.95 Å². The van der Waals surface area contributed by atoms with E-state index in [9.17, 15) is 0 Å². The molecule has 1 aromatic carbocycles. The summed E-state index contributed by atoms with van der Waals surface area (Å²) in [6.07, 6.45) is 8.58. The van der Waals surface area contributed by atoms with Gasteiger partial charge in [-0.3, -0.25) is 4.98 Å². The molecule has 9 nitrogen and oxygen atoms in total. The molecule has 182 valence electrons. The predicted molar refractivity (Wildman–Crippen MR) is 139 cm³/mol. The number of aromatic nitrogens is 5. The molecule has 4 N–H and O–H groups in total. The number of fused-ring (bicyclic) bond motifs is 1. The summed E-state index contributed by atoms with van der Waals surface area (Å²) in [5.41, 5.74) is 10.4. The molecule has 1 fully saturated rings. The van der Waals surface area contributed by atoms with Crippen LogP contribution in [0.15, 0.2) is 48.9 Å². The minimum atomic E-state index is -0.00160. The van der Waals surface area contributed by atoms with E-state index in [1.807, 2.05) is 49.8 Å². The number of anilines is 2. The number of benzene rings is 1. The molecule has 0 radical (unpaired) electrons. The summed E-state index contributed by atoms with van der Waals surface area (Å²) in [6.45, 7) is 3.11. The Morgan fingerprint density at radius 2 is 1.91 bits per heavy atom. The maximum Gasteiger partial charge on any atom is 0.226 e. The molecule has 0 amide bonds. The molecular weight excluding hydrogens is 440 g/mol. The van der Waals surface area contributed by atoms with E-state index in [4.69, 9.17) is 20.4 Å². The average Bonchev–Trinajstić information content (AvgIpc) is 3.56. The van der Waals surface area contributed by atoms with Crippen LogP contribution < -0.4 is 21.1 Å². The quantitative estimate of drug-likeness (QED) is 0.329. The normalized spacial score (nSPS) is 14.8. The van der Waals surface area contributed by atoms with Gasteiger partial charge in [-0.2, -0.15) is 9.97 Å². The van der Waals surface area contributed by atoms with E-state index in [1.165, 1.54) is 12.8 Å². The van der Waals surface area contributed by atoms with Gasteiger partial charge in [-0.15, -0.1) is 0 Å². The Kier molecular flexibility index (Phi) is 6.76. The lowest BCUT2D eigenvalue weighted by Crippen LogP contribution is -2.26. The monoisotopic (exact) mass is 472 g/mol. The summed E-state index contributed by atoms with van der Waals surface area (Å²) in [5, 5.41) is 6.72. The Morgan fingerprint density at radius 3 is 2.66 bits per heavy atom. The van der Waals surface area contributed by atoms with Gasteiger partial charge in [0.1, 0.15) is 5.75 Å². The number of pyridine rings is 1. The Hall–Kier alpha value is -3.72. The molecule has 1 aliphatic rings. The van der Waals surface area contributed by atoms with Crippen LogP contribution in [-0.2, 0) is 6.54 Å². The van der Waals surface area contributed by atoms with Crippen molar-refractivity contribution in [3.63, 3.8) is 0 Å². The van der Waals surface area contributed by atoms with Crippen molar-refractivity contribution in [2.24, 2.45) is 5.73 Å². The second kappa shape index (κ2) is 10.3. The average molecular weight is 473 g/mol. The number of hydrogen-bond acceptors (Lipinski definition) is 8. The first-order valence-corrected chi connectivity index (χ1v) is 12.2. The van der Waals surface area contributed by atoms with E-state index in [-0.39, 0.29) is 6.04 Å². The Labute approximate surface area is 205 Å². The first kappa shape index (κ1) is 23.0. The van der Waals surface area contributed by atoms with Gasteiger partial charge in [0.05, 0.1) is 19.1 Å². The van der Waals surface area contributed by atoms with E-state index in [1.54, 1.807) is 7.11 Å². The first-order valence-electron chi connectivity index (χ1n) is 12.2. The summed E-state index contributed by atoms with van der Waals surface area (Å²) in [6, 6.07) is 12.4. The maximum absolute atomic E-state index is 5.94. The summed E-state index contributed by atoms with van der Waals surface area (Å²) in [4.78, 5) is 18.8. The lowest BCUT2D eigenvalue weighted by atomic mass is 10.1. The largest absolute Gasteiger partial charge is 0.496 e. The van der Waals surface area contributed by atoms with Crippen molar-refractivity contribution in [1.29, 1.82) is 0 Å². The van der Waals surface area contributed by atoms with E-state index >= 15 is 0 Å². The number of imidazole rings is 1. The summed E-state index contributed by atoms with van der Waals surface area (Å²) >= 11 is 0. The molecule has 9 heteroatoms. The molecule has 0 saturated heterocycles. The highest BCUT2D eigenvalue weighted by Crippen LogP contribution is 2.33. The number of nitrogens with zero attached hydrogens (tertiary/aromatic N) is 5. The topological polar surface area (TPSA) is 116 Å². The zero-order chi connectivity index (χ0) is 24.2. The third kappa shape index (κ3) is 5.05. The third-order valence-corrected chi connectivity index (χ3v) is 6.39. The molecule has 3 heterocycles. The summed E-state index contributed by atoms with van der Waals surface area (Å²) < 4.78 is 7.68. The second-order valence-corrected chi connectivity index (χ2v) is 9.12. The van der Waals surface area contributed by atoms with Gasteiger partial charge in [-0.1, -0.05) is 31.0 Å². The highest BCUT2D eigenvalue weighted by atomic mass is 16.5. The van der Waals surface area contributed by atoms with Crippen LogP contribution in [0.3, 0.4) is 0 Å². The van der Waals surface area contributed by atoms with Crippen LogP contribution in [0.25, 0.3) is 22.4 Å². The molecule has 1 aliphatic carbocycles.